The maximum absolute atomic E-state index is 12.2. The molecule has 0 unspecified atom stereocenters. The smallest absolute Gasteiger partial charge is 0.223 e. The molecule has 1 saturated heterocycles. The third-order valence-electron chi connectivity index (χ3n) is 4.16. The van der Waals surface area contributed by atoms with Crippen LogP contribution in [0.4, 0.5) is 0 Å². The highest BCUT2D eigenvalue weighted by Gasteiger charge is 2.24. The number of hydrogen-bond acceptors (Lipinski definition) is 3. The molecule has 0 atom stereocenters. The lowest BCUT2D eigenvalue weighted by atomic mass is 9.91. The maximum Gasteiger partial charge on any atom is 0.223 e. The number of piperazine rings is 1. The van der Waals surface area contributed by atoms with Gasteiger partial charge in [-0.05, 0) is 5.41 Å². The molecule has 0 radical (unpaired) electrons. The summed E-state index contributed by atoms with van der Waals surface area (Å²) in [5.41, 5.74) is 0.822. The predicted octanol–water partition coefficient (Wildman–Crippen LogP) is 2.84. The summed E-state index contributed by atoms with van der Waals surface area (Å²) in [4.78, 5) is 28.6. The molecule has 4 heteroatoms. The van der Waals surface area contributed by atoms with Crippen molar-refractivity contribution in [2.45, 2.75) is 33.6 Å². The standard InChI is InChI=1S/C19H28N2O2/c1-19(2,3)15-18(23)21-13-11-20(12-14-21)10-9-17(22)16-7-5-4-6-8-16/h4-8H,9-15H2,1-3H3. The molecule has 1 aliphatic heterocycles. The summed E-state index contributed by atoms with van der Waals surface area (Å²) in [6, 6.07) is 9.45. The Morgan fingerprint density at radius 3 is 2.17 bits per heavy atom. The van der Waals surface area contributed by atoms with E-state index in [0.717, 1.165) is 38.3 Å². The van der Waals surface area contributed by atoms with E-state index in [-0.39, 0.29) is 17.1 Å². The number of Topliss-reactive ketones (excluding diaryl/α,β-unsaturated/α-hetero) is 1. The minimum Gasteiger partial charge on any atom is -0.340 e. The number of benzene rings is 1. The fraction of sp³-hybridized carbons (Fsp3) is 0.579. The van der Waals surface area contributed by atoms with Crippen molar-refractivity contribution in [2.24, 2.45) is 5.41 Å². The Bertz CT molecular complexity index is 526. The molecule has 126 valence electrons. The Morgan fingerprint density at radius 2 is 1.61 bits per heavy atom. The Hall–Kier alpha value is -1.68. The van der Waals surface area contributed by atoms with E-state index in [9.17, 15) is 9.59 Å². The third-order valence-corrected chi connectivity index (χ3v) is 4.16. The first-order valence-electron chi connectivity index (χ1n) is 8.43. The van der Waals surface area contributed by atoms with Gasteiger partial charge in [0.2, 0.25) is 5.91 Å². The summed E-state index contributed by atoms with van der Waals surface area (Å²) in [6.07, 6.45) is 1.14. The van der Waals surface area contributed by atoms with Crippen LogP contribution in [0.5, 0.6) is 0 Å². The van der Waals surface area contributed by atoms with Crippen molar-refractivity contribution >= 4 is 11.7 Å². The second-order valence-corrected chi connectivity index (χ2v) is 7.50. The fourth-order valence-electron chi connectivity index (χ4n) is 2.81. The van der Waals surface area contributed by atoms with Crippen LogP contribution in [0, 0.1) is 5.41 Å². The first kappa shape index (κ1) is 17.7. The van der Waals surface area contributed by atoms with Gasteiger partial charge in [0, 0.05) is 51.1 Å². The molecule has 4 nitrogen and oxygen atoms in total. The average Bonchev–Trinajstić information content (AvgIpc) is 2.52. The fourth-order valence-corrected chi connectivity index (χ4v) is 2.81. The van der Waals surface area contributed by atoms with E-state index >= 15 is 0 Å². The SMILES string of the molecule is CC(C)(C)CC(=O)N1CCN(CCC(=O)c2ccccc2)CC1. The minimum absolute atomic E-state index is 0.0380. The molecule has 1 heterocycles. The van der Waals surface area contributed by atoms with Crippen molar-refractivity contribution in [1.82, 2.24) is 9.80 Å². The Balaban J connectivity index is 1.73. The molecule has 2 rings (SSSR count). The van der Waals surface area contributed by atoms with E-state index in [2.05, 4.69) is 25.7 Å². The van der Waals surface area contributed by atoms with Gasteiger partial charge in [-0.15, -0.1) is 0 Å². The van der Waals surface area contributed by atoms with Gasteiger partial charge < -0.3 is 4.90 Å². The van der Waals surface area contributed by atoms with Gasteiger partial charge in [0.1, 0.15) is 0 Å². The first-order valence-corrected chi connectivity index (χ1v) is 8.43. The van der Waals surface area contributed by atoms with Gasteiger partial charge in [0.05, 0.1) is 0 Å². The highest BCUT2D eigenvalue weighted by atomic mass is 16.2. The molecular formula is C19H28N2O2. The van der Waals surface area contributed by atoms with Crippen LogP contribution >= 0.6 is 0 Å². The van der Waals surface area contributed by atoms with Crippen LogP contribution < -0.4 is 0 Å². The molecule has 0 aromatic heterocycles. The van der Waals surface area contributed by atoms with Crippen molar-refractivity contribution in [3.63, 3.8) is 0 Å². The number of amides is 1. The molecule has 1 amide bonds. The van der Waals surface area contributed by atoms with Crippen LogP contribution in [-0.2, 0) is 4.79 Å². The normalized spacial score (nSPS) is 16.4. The Kier molecular flexibility index (Phi) is 5.94. The van der Waals surface area contributed by atoms with E-state index < -0.39 is 0 Å². The van der Waals surface area contributed by atoms with E-state index in [0.29, 0.717) is 12.8 Å². The van der Waals surface area contributed by atoms with Gasteiger partial charge >= 0.3 is 0 Å². The molecule has 23 heavy (non-hydrogen) atoms. The third kappa shape index (κ3) is 5.79. The van der Waals surface area contributed by atoms with Gasteiger partial charge in [-0.2, -0.15) is 0 Å². The second kappa shape index (κ2) is 7.73. The maximum atomic E-state index is 12.2. The van der Waals surface area contributed by atoms with Gasteiger partial charge in [0.15, 0.2) is 5.78 Å². The quantitative estimate of drug-likeness (QED) is 0.784. The first-order chi connectivity index (χ1) is 10.8. The lowest BCUT2D eigenvalue weighted by Gasteiger charge is -2.35. The van der Waals surface area contributed by atoms with E-state index in [1.807, 2.05) is 35.2 Å². The number of carbonyl (C=O) groups excluding carboxylic acids is 2. The Labute approximate surface area is 139 Å². The van der Waals surface area contributed by atoms with E-state index in [4.69, 9.17) is 0 Å². The van der Waals surface area contributed by atoms with Gasteiger partial charge in [-0.25, -0.2) is 0 Å². The number of ketones is 1. The van der Waals surface area contributed by atoms with Gasteiger partial charge in [-0.1, -0.05) is 51.1 Å². The van der Waals surface area contributed by atoms with Crippen molar-refractivity contribution in [1.29, 1.82) is 0 Å². The van der Waals surface area contributed by atoms with Gasteiger partial charge in [-0.3, -0.25) is 14.5 Å². The average molecular weight is 316 g/mol. The zero-order valence-electron chi connectivity index (χ0n) is 14.5. The minimum atomic E-state index is 0.0380. The molecule has 0 saturated carbocycles. The van der Waals surface area contributed by atoms with Crippen LogP contribution in [0.3, 0.4) is 0 Å². The molecule has 1 aromatic rings. The summed E-state index contributed by atoms with van der Waals surface area (Å²) in [7, 11) is 0. The second-order valence-electron chi connectivity index (χ2n) is 7.50. The summed E-state index contributed by atoms with van der Waals surface area (Å²) < 4.78 is 0. The zero-order chi connectivity index (χ0) is 16.9. The molecule has 0 N–H and O–H groups in total. The highest BCUT2D eigenvalue weighted by Crippen LogP contribution is 2.20. The Morgan fingerprint density at radius 1 is 1.00 bits per heavy atom. The van der Waals surface area contributed by atoms with Crippen LogP contribution in [0.25, 0.3) is 0 Å². The van der Waals surface area contributed by atoms with Gasteiger partial charge in [0.25, 0.3) is 0 Å². The molecule has 1 aromatic carbocycles. The molecule has 0 aliphatic carbocycles. The summed E-state index contributed by atoms with van der Waals surface area (Å²) in [5, 5.41) is 0. The summed E-state index contributed by atoms with van der Waals surface area (Å²) >= 11 is 0. The molecule has 1 aliphatic rings. The number of hydrogen-bond donors (Lipinski definition) is 0. The molecule has 0 bridgehead atoms. The lowest BCUT2D eigenvalue weighted by molar-refractivity contribution is -0.134. The van der Waals surface area contributed by atoms with Crippen LogP contribution in [0.2, 0.25) is 0 Å². The predicted molar refractivity (Wildman–Crippen MR) is 92.5 cm³/mol. The zero-order valence-corrected chi connectivity index (χ0v) is 14.5. The largest absolute Gasteiger partial charge is 0.340 e. The monoisotopic (exact) mass is 316 g/mol. The van der Waals surface area contributed by atoms with Crippen molar-refractivity contribution in [2.75, 3.05) is 32.7 Å². The van der Waals surface area contributed by atoms with E-state index in [1.54, 1.807) is 0 Å². The molecule has 0 spiro atoms. The number of nitrogens with zero attached hydrogens (tertiary/aromatic N) is 2. The van der Waals surface area contributed by atoms with Crippen LogP contribution in [0.1, 0.15) is 44.0 Å². The van der Waals surface area contributed by atoms with Crippen LogP contribution in [0.15, 0.2) is 30.3 Å². The van der Waals surface area contributed by atoms with Crippen molar-refractivity contribution < 1.29 is 9.59 Å². The van der Waals surface area contributed by atoms with Crippen LogP contribution in [-0.4, -0.2) is 54.2 Å². The van der Waals surface area contributed by atoms with E-state index in [1.165, 1.54) is 0 Å². The number of carbonyl (C=O) groups is 2. The number of rotatable bonds is 5. The molecular weight excluding hydrogens is 288 g/mol. The summed E-state index contributed by atoms with van der Waals surface area (Å²) in [6.45, 7) is 10.3. The molecule has 1 fully saturated rings. The summed E-state index contributed by atoms with van der Waals surface area (Å²) in [5.74, 6) is 0.439. The topological polar surface area (TPSA) is 40.6 Å². The lowest BCUT2D eigenvalue weighted by Crippen LogP contribution is -2.49. The van der Waals surface area contributed by atoms with Crippen molar-refractivity contribution in [3.05, 3.63) is 35.9 Å². The van der Waals surface area contributed by atoms with Crippen molar-refractivity contribution in [3.8, 4) is 0 Å². The highest BCUT2D eigenvalue weighted by molar-refractivity contribution is 5.96.